The fourth-order valence-electron chi connectivity index (χ4n) is 5.31. The van der Waals surface area contributed by atoms with E-state index in [2.05, 4.69) is 56.3 Å². The lowest BCUT2D eigenvalue weighted by atomic mass is 9.91. The van der Waals surface area contributed by atoms with Crippen molar-refractivity contribution >= 4 is 0 Å². The highest BCUT2D eigenvalue weighted by molar-refractivity contribution is 5.85. The van der Waals surface area contributed by atoms with Crippen molar-refractivity contribution in [2.75, 3.05) is 0 Å². The van der Waals surface area contributed by atoms with Crippen LogP contribution in [0.1, 0.15) is 0 Å². The first-order valence-electron chi connectivity index (χ1n) is 13.9. The molecule has 7 rings (SSSR count). The smallest absolute Gasteiger partial charge is 0.124 e. The van der Waals surface area contributed by atoms with Crippen LogP contribution in [0.25, 0.3) is 66.8 Å². The maximum atomic E-state index is 15.5. The summed E-state index contributed by atoms with van der Waals surface area (Å²) in [6.07, 6.45) is 14.4. The Bertz CT molecular complexity index is 1750. The number of rotatable bonds is 6. The lowest BCUT2D eigenvalue weighted by Gasteiger charge is -2.14. The molecule has 5 heteroatoms. The molecule has 4 heterocycles. The predicted octanol–water partition coefficient (Wildman–Crippen LogP) is 9.41. The molecule has 4 aromatic heterocycles. The van der Waals surface area contributed by atoms with E-state index < -0.39 is 0 Å². The van der Waals surface area contributed by atoms with Gasteiger partial charge in [-0.1, -0.05) is 24.3 Å². The number of nitrogens with zero attached hydrogens (tertiary/aromatic N) is 4. The van der Waals surface area contributed by atoms with E-state index in [1.165, 1.54) is 0 Å². The molecular weight excluding hydrogens is 531 g/mol. The van der Waals surface area contributed by atoms with E-state index in [-0.39, 0.29) is 5.82 Å². The molecule has 43 heavy (non-hydrogen) atoms. The first-order valence-corrected chi connectivity index (χ1v) is 13.9. The third-order valence-corrected chi connectivity index (χ3v) is 7.41. The van der Waals surface area contributed by atoms with Gasteiger partial charge in [0.05, 0.1) is 0 Å². The van der Waals surface area contributed by atoms with E-state index in [0.717, 1.165) is 66.8 Å². The third kappa shape index (κ3) is 5.69. The average molecular weight is 557 g/mol. The Hall–Kier alpha value is -5.81. The molecule has 0 fully saturated rings. The maximum absolute atomic E-state index is 15.5. The van der Waals surface area contributed by atoms with E-state index in [4.69, 9.17) is 0 Å². The number of halogens is 1. The molecule has 7 aromatic rings. The number of benzene rings is 3. The monoisotopic (exact) mass is 556 g/mol. The van der Waals surface area contributed by atoms with Gasteiger partial charge < -0.3 is 0 Å². The number of aromatic nitrogens is 4. The molecule has 0 bridgehead atoms. The first-order chi connectivity index (χ1) is 21.2. The minimum Gasteiger partial charge on any atom is -0.264 e. The molecule has 204 valence electrons. The van der Waals surface area contributed by atoms with Crippen molar-refractivity contribution in [1.29, 1.82) is 0 Å². The third-order valence-electron chi connectivity index (χ3n) is 7.41. The topological polar surface area (TPSA) is 51.6 Å². The van der Waals surface area contributed by atoms with Crippen LogP contribution in [-0.2, 0) is 0 Å². The molecule has 0 N–H and O–H groups in total. The van der Waals surface area contributed by atoms with Crippen molar-refractivity contribution in [3.8, 4) is 66.8 Å². The minimum atomic E-state index is -0.308. The van der Waals surface area contributed by atoms with Gasteiger partial charge in [-0.15, -0.1) is 0 Å². The van der Waals surface area contributed by atoms with Crippen LogP contribution in [0.3, 0.4) is 0 Å². The highest BCUT2D eigenvalue weighted by Crippen LogP contribution is 2.37. The summed E-state index contributed by atoms with van der Waals surface area (Å²) in [6, 6.07) is 33.6. The minimum absolute atomic E-state index is 0.308. The Morgan fingerprint density at radius 3 is 0.767 bits per heavy atom. The lowest BCUT2D eigenvalue weighted by molar-refractivity contribution is 0.629. The summed E-state index contributed by atoms with van der Waals surface area (Å²) in [5.41, 5.74) is 11.3. The molecule has 0 aliphatic heterocycles. The summed E-state index contributed by atoms with van der Waals surface area (Å²) in [5, 5.41) is 0. The largest absolute Gasteiger partial charge is 0.264 e. The van der Waals surface area contributed by atoms with Crippen LogP contribution in [0.2, 0.25) is 0 Å². The second-order valence-electron chi connectivity index (χ2n) is 10.3. The Balaban J connectivity index is 1.40. The van der Waals surface area contributed by atoms with E-state index in [1.54, 1.807) is 36.9 Å². The number of pyridine rings is 4. The molecule has 0 amide bonds. The molecule has 0 unspecified atom stereocenters. The van der Waals surface area contributed by atoms with Crippen molar-refractivity contribution < 1.29 is 4.39 Å². The number of hydrogen-bond donors (Lipinski definition) is 0. The Kier molecular flexibility index (Phi) is 7.04. The first kappa shape index (κ1) is 26.1. The van der Waals surface area contributed by atoms with Gasteiger partial charge in [0.1, 0.15) is 5.82 Å². The van der Waals surface area contributed by atoms with Crippen molar-refractivity contribution in [1.82, 2.24) is 19.9 Å². The van der Waals surface area contributed by atoms with Gasteiger partial charge in [-0.05, 0) is 123 Å². The van der Waals surface area contributed by atoms with Crippen molar-refractivity contribution in [2.24, 2.45) is 0 Å². The summed E-state index contributed by atoms with van der Waals surface area (Å²) in [5.74, 6) is -0.308. The van der Waals surface area contributed by atoms with E-state index in [1.807, 2.05) is 79.4 Å². The lowest BCUT2D eigenvalue weighted by Crippen LogP contribution is -1.91. The van der Waals surface area contributed by atoms with Gasteiger partial charge in [0.15, 0.2) is 0 Å². The van der Waals surface area contributed by atoms with Crippen LogP contribution in [0.15, 0.2) is 153 Å². The van der Waals surface area contributed by atoms with Gasteiger partial charge in [0, 0.05) is 71.8 Å². The normalized spacial score (nSPS) is 10.9. The van der Waals surface area contributed by atoms with Gasteiger partial charge >= 0.3 is 0 Å². The summed E-state index contributed by atoms with van der Waals surface area (Å²) < 4.78 is 15.5. The zero-order valence-corrected chi connectivity index (χ0v) is 23.1. The van der Waals surface area contributed by atoms with Gasteiger partial charge in [-0.25, -0.2) is 4.39 Å². The molecule has 4 nitrogen and oxygen atoms in total. The van der Waals surface area contributed by atoms with Crippen LogP contribution in [0, 0.1) is 5.82 Å². The van der Waals surface area contributed by atoms with Crippen LogP contribution in [0.5, 0.6) is 0 Å². The van der Waals surface area contributed by atoms with Gasteiger partial charge in [0.2, 0.25) is 0 Å². The quantitative estimate of drug-likeness (QED) is 0.205. The Labute approximate surface area is 249 Å². The number of hydrogen-bond acceptors (Lipinski definition) is 4. The standard InChI is InChI=1S/C38H25FN4/c39-38-20-36(34-15-30(26-5-1-9-40-22-26)13-31(16-34)27-6-2-10-41-23-27)19-37(21-38)35-17-32(28-7-3-11-42-24-28)14-33(18-35)29-8-4-12-43-25-29/h1-25H. The zero-order valence-electron chi connectivity index (χ0n) is 23.1. The van der Waals surface area contributed by atoms with Crippen LogP contribution < -0.4 is 0 Å². The Morgan fingerprint density at radius 2 is 0.535 bits per heavy atom. The summed E-state index contributed by atoms with van der Waals surface area (Å²) >= 11 is 0. The summed E-state index contributed by atoms with van der Waals surface area (Å²) in [4.78, 5) is 17.3. The molecular formula is C38H25FN4. The van der Waals surface area contributed by atoms with Crippen LogP contribution >= 0.6 is 0 Å². The van der Waals surface area contributed by atoms with Crippen molar-refractivity contribution in [2.45, 2.75) is 0 Å². The van der Waals surface area contributed by atoms with Gasteiger partial charge in [0.25, 0.3) is 0 Å². The fraction of sp³-hybridized carbons (Fsp3) is 0. The zero-order chi connectivity index (χ0) is 29.0. The second kappa shape index (κ2) is 11.6. The molecule has 0 saturated heterocycles. The van der Waals surface area contributed by atoms with E-state index in [0.29, 0.717) is 0 Å². The summed E-state index contributed by atoms with van der Waals surface area (Å²) in [6.45, 7) is 0. The average Bonchev–Trinajstić information content (AvgIpc) is 3.09. The molecule has 0 atom stereocenters. The van der Waals surface area contributed by atoms with Crippen molar-refractivity contribution in [3.05, 3.63) is 159 Å². The molecule has 0 aliphatic rings. The van der Waals surface area contributed by atoms with Crippen LogP contribution in [-0.4, -0.2) is 19.9 Å². The van der Waals surface area contributed by atoms with E-state index in [9.17, 15) is 0 Å². The highest BCUT2D eigenvalue weighted by Gasteiger charge is 2.13. The summed E-state index contributed by atoms with van der Waals surface area (Å²) in [7, 11) is 0. The highest BCUT2D eigenvalue weighted by atomic mass is 19.1. The second-order valence-corrected chi connectivity index (χ2v) is 10.3. The predicted molar refractivity (Wildman–Crippen MR) is 170 cm³/mol. The molecule has 0 spiro atoms. The fourth-order valence-corrected chi connectivity index (χ4v) is 5.31. The van der Waals surface area contributed by atoms with Gasteiger partial charge in [-0.3, -0.25) is 19.9 Å². The molecule has 0 saturated carbocycles. The molecule has 0 radical (unpaired) electrons. The van der Waals surface area contributed by atoms with E-state index >= 15 is 4.39 Å². The van der Waals surface area contributed by atoms with Gasteiger partial charge in [-0.2, -0.15) is 0 Å². The van der Waals surface area contributed by atoms with Crippen LogP contribution in [0.4, 0.5) is 4.39 Å². The van der Waals surface area contributed by atoms with Crippen molar-refractivity contribution in [3.63, 3.8) is 0 Å². The molecule has 3 aromatic carbocycles. The molecule has 0 aliphatic carbocycles. The SMILES string of the molecule is Fc1cc(-c2cc(-c3cccnc3)cc(-c3cccnc3)c2)cc(-c2cc(-c3cccnc3)cc(-c3cccnc3)c2)c1. The maximum Gasteiger partial charge on any atom is 0.124 e. The Morgan fingerprint density at radius 1 is 0.302 bits per heavy atom.